The molecule has 29 heavy (non-hydrogen) atoms. The van der Waals surface area contributed by atoms with Crippen LogP contribution >= 0.6 is 0 Å². The zero-order chi connectivity index (χ0) is 20.5. The Balaban J connectivity index is 1.35. The lowest BCUT2D eigenvalue weighted by molar-refractivity contribution is -0.122. The van der Waals surface area contributed by atoms with E-state index >= 15 is 0 Å². The summed E-state index contributed by atoms with van der Waals surface area (Å²) < 4.78 is 1.74. The molecule has 8 nitrogen and oxygen atoms in total. The van der Waals surface area contributed by atoms with Gasteiger partial charge in [-0.15, -0.1) is 0 Å². The van der Waals surface area contributed by atoms with Gasteiger partial charge in [-0.05, 0) is 57.6 Å². The predicted octanol–water partition coefficient (Wildman–Crippen LogP) is 1.82. The number of carbonyl (C=O) groups is 2. The molecule has 2 fully saturated rings. The van der Waals surface area contributed by atoms with Crippen molar-refractivity contribution in [3.63, 3.8) is 0 Å². The van der Waals surface area contributed by atoms with Gasteiger partial charge in [-0.2, -0.15) is 5.10 Å². The lowest BCUT2D eigenvalue weighted by Gasteiger charge is -2.39. The molecule has 0 saturated carbocycles. The number of piperidine rings is 1. The Morgan fingerprint density at radius 3 is 2.55 bits per heavy atom. The van der Waals surface area contributed by atoms with Crippen LogP contribution in [0.2, 0.25) is 0 Å². The van der Waals surface area contributed by atoms with Crippen molar-refractivity contribution in [1.82, 2.24) is 30.0 Å². The van der Waals surface area contributed by atoms with E-state index in [0.717, 1.165) is 31.4 Å². The summed E-state index contributed by atoms with van der Waals surface area (Å²) in [5, 5.41) is 7.26. The first kappa shape index (κ1) is 19.5. The van der Waals surface area contributed by atoms with E-state index in [9.17, 15) is 9.59 Å². The molecule has 2 aliphatic rings. The number of nitrogens with zero attached hydrogens (tertiary/aromatic N) is 5. The molecule has 2 unspecified atom stereocenters. The molecule has 0 spiro atoms. The molecule has 8 heteroatoms. The van der Waals surface area contributed by atoms with Crippen LogP contribution in [0.4, 0.5) is 0 Å². The number of carbonyl (C=O) groups excluding carboxylic acids is 2. The zero-order valence-electron chi connectivity index (χ0n) is 17.2. The average molecular weight is 396 g/mol. The van der Waals surface area contributed by atoms with Crippen LogP contribution in [-0.2, 0) is 11.8 Å². The maximum atomic E-state index is 13.0. The standard InChI is InChI=1S/C21H28N6O2/c1-13(19-7-9-24-26(19)3)20(28)23-12-15-10-16-4-5-17(11-15)27(16)21(29)18-6-8-22-14(2)25-18/h6-9,13,15-17H,4-5,10-12H2,1-3H3,(H,23,28)/t13?,15?,16-,17+. The Bertz CT molecular complexity index is 896. The van der Waals surface area contributed by atoms with Crippen LogP contribution in [0, 0.1) is 12.8 Å². The maximum absolute atomic E-state index is 13.0. The van der Waals surface area contributed by atoms with Crippen molar-refractivity contribution in [2.75, 3.05) is 6.54 Å². The summed E-state index contributed by atoms with van der Waals surface area (Å²) in [4.78, 5) is 36.0. The number of amides is 2. The quantitative estimate of drug-likeness (QED) is 0.832. The molecule has 2 aliphatic heterocycles. The second kappa shape index (κ2) is 7.93. The number of aromatic nitrogens is 4. The normalized spacial score (nSPS) is 24.4. The van der Waals surface area contributed by atoms with Crippen molar-refractivity contribution in [2.24, 2.45) is 13.0 Å². The van der Waals surface area contributed by atoms with Crippen LogP contribution in [0.1, 0.15) is 60.5 Å². The summed E-state index contributed by atoms with van der Waals surface area (Å²) >= 11 is 0. The third-order valence-corrected chi connectivity index (χ3v) is 6.32. The monoisotopic (exact) mass is 396 g/mol. The molecule has 0 aromatic carbocycles. The van der Waals surface area contributed by atoms with Crippen LogP contribution in [0.3, 0.4) is 0 Å². The van der Waals surface area contributed by atoms with Crippen molar-refractivity contribution in [3.05, 3.63) is 41.7 Å². The van der Waals surface area contributed by atoms with Gasteiger partial charge in [-0.3, -0.25) is 14.3 Å². The van der Waals surface area contributed by atoms with Crippen LogP contribution in [0.5, 0.6) is 0 Å². The molecule has 2 bridgehead atoms. The zero-order valence-corrected chi connectivity index (χ0v) is 17.2. The molecule has 0 radical (unpaired) electrons. The summed E-state index contributed by atoms with van der Waals surface area (Å²) in [6.07, 6.45) is 7.25. The van der Waals surface area contributed by atoms with Gasteiger partial charge in [-0.25, -0.2) is 9.97 Å². The van der Waals surface area contributed by atoms with Gasteiger partial charge in [0.2, 0.25) is 5.91 Å². The van der Waals surface area contributed by atoms with Crippen LogP contribution in [-0.4, -0.2) is 55.1 Å². The summed E-state index contributed by atoms with van der Waals surface area (Å²) in [7, 11) is 1.85. The number of rotatable bonds is 5. The second-order valence-corrected chi connectivity index (χ2v) is 8.27. The van der Waals surface area contributed by atoms with Crippen molar-refractivity contribution in [1.29, 1.82) is 0 Å². The molecule has 4 rings (SSSR count). The van der Waals surface area contributed by atoms with Gasteiger partial charge in [0.1, 0.15) is 11.5 Å². The topological polar surface area (TPSA) is 93.0 Å². The molecule has 2 amide bonds. The van der Waals surface area contributed by atoms with Crippen LogP contribution in [0.15, 0.2) is 24.5 Å². The largest absolute Gasteiger partial charge is 0.355 e. The maximum Gasteiger partial charge on any atom is 0.273 e. The third-order valence-electron chi connectivity index (χ3n) is 6.32. The van der Waals surface area contributed by atoms with Crippen LogP contribution < -0.4 is 5.32 Å². The highest BCUT2D eigenvalue weighted by Gasteiger charge is 2.43. The van der Waals surface area contributed by atoms with E-state index in [0.29, 0.717) is 24.0 Å². The third kappa shape index (κ3) is 3.88. The second-order valence-electron chi connectivity index (χ2n) is 8.27. The number of fused-ring (bicyclic) bond motifs is 2. The minimum absolute atomic E-state index is 0.00955. The molecular weight excluding hydrogens is 368 g/mol. The Kier molecular flexibility index (Phi) is 5.34. The van der Waals surface area contributed by atoms with E-state index in [1.54, 1.807) is 30.1 Å². The van der Waals surface area contributed by atoms with Gasteiger partial charge in [0, 0.05) is 38.1 Å². The summed E-state index contributed by atoms with van der Waals surface area (Å²) in [6, 6.07) is 4.03. The van der Waals surface area contributed by atoms with Gasteiger partial charge >= 0.3 is 0 Å². The van der Waals surface area contributed by atoms with Crippen molar-refractivity contribution in [3.8, 4) is 0 Å². The molecule has 154 valence electrons. The molecule has 1 N–H and O–H groups in total. The number of aryl methyl sites for hydroxylation is 2. The Labute approximate surface area is 170 Å². The fourth-order valence-corrected chi connectivity index (χ4v) is 4.84. The summed E-state index contributed by atoms with van der Waals surface area (Å²) in [6.45, 7) is 4.36. The smallest absolute Gasteiger partial charge is 0.273 e. The highest BCUT2D eigenvalue weighted by molar-refractivity contribution is 5.93. The highest BCUT2D eigenvalue weighted by atomic mass is 16.2. The minimum Gasteiger partial charge on any atom is -0.355 e. The molecule has 4 atom stereocenters. The van der Waals surface area contributed by atoms with E-state index < -0.39 is 0 Å². The highest BCUT2D eigenvalue weighted by Crippen LogP contribution is 2.39. The fourth-order valence-electron chi connectivity index (χ4n) is 4.84. The van der Waals surface area contributed by atoms with E-state index in [2.05, 4.69) is 20.4 Å². The molecule has 2 saturated heterocycles. The van der Waals surface area contributed by atoms with Crippen molar-refractivity contribution < 1.29 is 9.59 Å². The molecule has 4 heterocycles. The van der Waals surface area contributed by atoms with Crippen molar-refractivity contribution in [2.45, 2.75) is 57.5 Å². The van der Waals surface area contributed by atoms with Gasteiger partial charge < -0.3 is 10.2 Å². The van der Waals surface area contributed by atoms with Gasteiger partial charge in [0.15, 0.2) is 0 Å². The van der Waals surface area contributed by atoms with E-state index in [1.807, 2.05) is 24.9 Å². The summed E-state index contributed by atoms with van der Waals surface area (Å²) in [5.41, 5.74) is 1.38. The van der Waals surface area contributed by atoms with Crippen molar-refractivity contribution >= 4 is 11.8 Å². The first-order valence-electron chi connectivity index (χ1n) is 10.3. The minimum atomic E-state index is -0.234. The van der Waals surface area contributed by atoms with E-state index in [-0.39, 0.29) is 29.8 Å². The Morgan fingerprint density at radius 1 is 1.21 bits per heavy atom. The van der Waals surface area contributed by atoms with E-state index in [4.69, 9.17) is 0 Å². The lowest BCUT2D eigenvalue weighted by Crippen LogP contribution is -2.48. The molecule has 2 aromatic rings. The lowest BCUT2D eigenvalue weighted by atomic mass is 9.90. The molecule has 0 aliphatic carbocycles. The van der Waals surface area contributed by atoms with Gasteiger partial charge in [-0.1, -0.05) is 0 Å². The first-order valence-corrected chi connectivity index (χ1v) is 10.3. The Morgan fingerprint density at radius 2 is 1.93 bits per heavy atom. The van der Waals surface area contributed by atoms with E-state index in [1.165, 1.54) is 0 Å². The Hall–Kier alpha value is -2.77. The number of nitrogens with one attached hydrogen (secondary N) is 1. The molecular formula is C21H28N6O2. The van der Waals surface area contributed by atoms with Crippen LogP contribution in [0.25, 0.3) is 0 Å². The number of hydrogen-bond donors (Lipinski definition) is 1. The summed E-state index contributed by atoms with van der Waals surface area (Å²) in [5.74, 6) is 0.808. The average Bonchev–Trinajstić information content (AvgIpc) is 3.25. The SMILES string of the molecule is Cc1nccc(C(=O)N2[C@@H]3CC[C@H]2CC(CNC(=O)C(C)c2ccnn2C)C3)n1. The predicted molar refractivity (Wildman–Crippen MR) is 107 cm³/mol. The first-order chi connectivity index (χ1) is 13.9. The van der Waals surface area contributed by atoms with Gasteiger partial charge in [0.05, 0.1) is 11.6 Å². The number of hydrogen-bond acceptors (Lipinski definition) is 5. The molecule has 2 aromatic heterocycles. The fraction of sp³-hybridized carbons (Fsp3) is 0.571. The van der Waals surface area contributed by atoms with Gasteiger partial charge in [0.25, 0.3) is 5.91 Å².